The summed E-state index contributed by atoms with van der Waals surface area (Å²) in [6.45, 7) is 9.21. The zero-order valence-corrected chi connectivity index (χ0v) is 12.9. The second-order valence-corrected chi connectivity index (χ2v) is 5.99. The summed E-state index contributed by atoms with van der Waals surface area (Å²) in [4.78, 5) is 28.7. The van der Waals surface area contributed by atoms with E-state index in [9.17, 15) is 9.59 Å². The Bertz CT molecular complexity index is 468. The number of amides is 2. The van der Waals surface area contributed by atoms with Crippen molar-refractivity contribution < 1.29 is 9.59 Å². The molecule has 1 aromatic heterocycles. The van der Waals surface area contributed by atoms with Crippen LogP contribution in [0.1, 0.15) is 38.3 Å². The maximum atomic E-state index is 12.1. The Balaban J connectivity index is 2.78. The first-order chi connectivity index (χ1) is 8.85. The van der Waals surface area contributed by atoms with E-state index in [1.54, 1.807) is 0 Å². The van der Waals surface area contributed by atoms with Gasteiger partial charge in [-0.2, -0.15) is 0 Å². The Hall–Kier alpha value is -1.43. The Morgan fingerprint density at radius 2 is 2.00 bits per heavy atom. The van der Waals surface area contributed by atoms with Gasteiger partial charge in [-0.05, 0) is 19.3 Å². The number of anilines is 1. The SMILES string of the molecule is CCc1nc(NC(=O)[C@H](NC(C)=O)C(C)C)sc1C. The molecule has 0 aliphatic rings. The molecule has 0 spiro atoms. The minimum Gasteiger partial charge on any atom is -0.344 e. The van der Waals surface area contributed by atoms with Gasteiger partial charge in [-0.15, -0.1) is 11.3 Å². The maximum absolute atomic E-state index is 12.1. The molecule has 0 unspecified atom stereocenters. The molecule has 0 aliphatic carbocycles. The second-order valence-electron chi connectivity index (χ2n) is 4.79. The predicted octanol–water partition coefficient (Wildman–Crippen LogP) is 2.11. The van der Waals surface area contributed by atoms with Crippen LogP contribution in [0.5, 0.6) is 0 Å². The number of nitrogens with one attached hydrogen (secondary N) is 2. The molecule has 0 aromatic carbocycles. The highest BCUT2D eigenvalue weighted by Gasteiger charge is 2.24. The molecule has 2 amide bonds. The van der Waals surface area contributed by atoms with Crippen LogP contribution < -0.4 is 10.6 Å². The zero-order valence-electron chi connectivity index (χ0n) is 12.0. The Kier molecular flexibility index (Phi) is 5.47. The molecule has 5 nitrogen and oxygen atoms in total. The minimum atomic E-state index is -0.535. The van der Waals surface area contributed by atoms with E-state index < -0.39 is 6.04 Å². The van der Waals surface area contributed by atoms with Crippen molar-refractivity contribution in [3.8, 4) is 0 Å². The van der Waals surface area contributed by atoms with Gasteiger partial charge in [0.1, 0.15) is 6.04 Å². The monoisotopic (exact) mass is 283 g/mol. The molecule has 1 aromatic rings. The largest absolute Gasteiger partial charge is 0.344 e. The van der Waals surface area contributed by atoms with Crippen LogP contribution in [-0.4, -0.2) is 22.8 Å². The number of aryl methyl sites for hydroxylation is 2. The minimum absolute atomic E-state index is 0.0237. The number of rotatable bonds is 5. The normalized spacial score (nSPS) is 12.3. The quantitative estimate of drug-likeness (QED) is 0.869. The fraction of sp³-hybridized carbons (Fsp3) is 0.615. The number of thiazole rings is 1. The van der Waals surface area contributed by atoms with Crippen molar-refractivity contribution in [2.75, 3.05) is 5.32 Å². The molecule has 19 heavy (non-hydrogen) atoms. The summed E-state index contributed by atoms with van der Waals surface area (Å²) in [6.07, 6.45) is 0.845. The summed E-state index contributed by atoms with van der Waals surface area (Å²) in [6, 6.07) is -0.535. The Morgan fingerprint density at radius 1 is 1.37 bits per heavy atom. The van der Waals surface area contributed by atoms with Crippen LogP contribution in [0.15, 0.2) is 0 Å². The van der Waals surface area contributed by atoms with E-state index in [2.05, 4.69) is 15.6 Å². The van der Waals surface area contributed by atoms with Gasteiger partial charge < -0.3 is 10.6 Å². The van der Waals surface area contributed by atoms with Crippen LogP contribution in [0.3, 0.4) is 0 Å². The zero-order chi connectivity index (χ0) is 14.6. The van der Waals surface area contributed by atoms with Crippen molar-refractivity contribution in [2.45, 2.75) is 47.1 Å². The van der Waals surface area contributed by atoms with Crippen molar-refractivity contribution in [3.05, 3.63) is 10.6 Å². The van der Waals surface area contributed by atoms with Crippen LogP contribution in [0.2, 0.25) is 0 Å². The molecule has 2 N–H and O–H groups in total. The first-order valence-corrected chi connectivity index (χ1v) is 7.21. The van der Waals surface area contributed by atoms with Gasteiger partial charge in [-0.3, -0.25) is 9.59 Å². The molecular formula is C13H21N3O2S. The smallest absolute Gasteiger partial charge is 0.248 e. The number of nitrogens with zero attached hydrogens (tertiary/aromatic N) is 1. The molecule has 106 valence electrons. The topological polar surface area (TPSA) is 71.1 Å². The van der Waals surface area contributed by atoms with Crippen molar-refractivity contribution in [1.29, 1.82) is 0 Å². The highest BCUT2D eigenvalue weighted by atomic mass is 32.1. The standard InChI is InChI=1S/C13H21N3O2S/c1-6-10-8(4)19-13(15-10)16-12(18)11(7(2)3)14-9(5)17/h7,11H,6H2,1-5H3,(H,14,17)(H,15,16,18)/t11-/m1/s1. The molecule has 0 saturated heterocycles. The highest BCUT2D eigenvalue weighted by molar-refractivity contribution is 7.15. The third kappa shape index (κ3) is 4.31. The first-order valence-electron chi connectivity index (χ1n) is 6.39. The van der Waals surface area contributed by atoms with E-state index >= 15 is 0 Å². The van der Waals surface area contributed by atoms with E-state index in [1.807, 2.05) is 27.7 Å². The number of carbonyl (C=O) groups excluding carboxylic acids is 2. The molecule has 1 rings (SSSR count). The average molecular weight is 283 g/mol. The van der Waals surface area contributed by atoms with Gasteiger partial charge in [-0.1, -0.05) is 20.8 Å². The van der Waals surface area contributed by atoms with Crippen LogP contribution in [0, 0.1) is 12.8 Å². The Morgan fingerprint density at radius 3 is 2.42 bits per heavy atom. The van der Waals surface area contributed by atoms with Crippen LogP contribution in [0.25, 0.3) is 0 Å². The number of carbonyl (C=O) groups is 2. The van der Waals surface area contributed by atoms with Gasteiger partial charge >= 0.3 is 0 Å². The second kappa shape index (κ2) is 6.65. The van der Waals surface area contributed by atoms with Crippen molar-refractivity contribution >= 4 is 28.3 Å². The fourth-order valence-corrected chi connectivity index (χ4v) is 2.65. The van der Waals surface area contributed by atoms with Crippen molar-refractivity contribution in [1.82, 2.24) is 10.3 Å². The van der Waals surface area contributed by atoms with Gasteiger partial charge in [0.05, 0.1) is 5.69 Å². The summed E-state index contributed by atoms with van der Waals surface area (Å²) >= 11 is 1.46. The van der Waals surface area contributed by atoms with Gasteiger partial charge in [0.15, 0.2) is 5.13 Å². The van der Waals surface area contributed by atoms with Gasteiger partial charge in [0.2, 0.25) is 11.8 Å². The van der Waals surface area contributed by atoms with Crippen molar-refractivity contribution in [2.24, 2.45) is 5.92 Å². The maximum Gasteiger partial charge on any atom is 0.248 e. The lowest BCUT2D eigenvalue weighted by molar-refractivity contribution is -0.126. The summed E-state index contributed by atoms with van der Waals surface area (Å²) in [7, 11) is 0. The van der Waals surface area contributed by atoms with E-state index in [1.165, 1.54) is 18.3 Å². The van der Waals surface area contributed by atoms with E-state index in [0.717, 1.165) is 17.0 Å². The first kappa shape index (κ1) is 15.6. The molecule has 0 saturated carbocycles. The van der Waals surface area contributed by atoms with E-state index in [0.29, 0.717) is 5.13 Å². The molecule has 0 bridgehead atoms. The predicted molar refractivity (Wildman–Crippen MR) is 77.3 cm³/mol. The van der Waals surface area contributed by atoms with Crippen LogP contribution in [0.4, 0.5) is 5.13 Å². The summed E-state index contributed by atoms with van der Waals surface area (Å²) < 4.78 is 0. The van der Waals surface area contributed by atoms with E-state index in [4.69, 9.17) is 0 Å². The summed E-state index contributed by atoms with van der Waals surface area (Å²) in [5.41, 5.74) is 1.00. The lowest BCUT2D eigenvalue weighted by Crippen LogP contribution is -2.46. The van der Waals surface area contributed by atoms with Gasteiger partial charge in [-0.25, -0.2) is 4.98 Å². The molecule has 0 aliphatic heterocycles. The number of hydrogen-bond acceptors (Lipinski definition) is 4. The molecule has 0 fully saturated rings. The average Bonchev–Trinajstić information content (AvgIpc) is 2.65. The third-order valence-electron chi connectivity index (χ3n) is 2.77. The fourth-order valence-electron chi connectivity index (χ4n) is 1.75. The molecule has 0 radical (unpaired) electrons. The molecule has 6 heteroatoms. The van der Waals surface area contributed by atoms with E-state index in [-0.39, 0.29) is 17.7 Å². The number of aromatic nitrogens is 1. The van der Waals surface area contributed by atoms with Crippen LogP contribution in [-0.2, 0) is 16.0 Å². The summed E-state index contributed by atoms with van der Waals surface area (Å²) in [5.74, 6) is -0.407. The summed E-state index contributed by atoms with van der Waals surface area (Å²) in [5, 5.41) is 6.03. The lowest BCUT2D eigenvalue weighted by atomic mass is 10.0. The van der Waals surface area contributed by atoms with Gasteiger partial charge in [0, 0.05) is 11.8 Å². The molecule has 1 atom stereocenters. The van der Waals surface area contributed by atoms with Gasteiger partial charge in [0.25, 0.3) is 0 Å². The van der Waals surface area contributed by atoms with Crippen molar-refractivity contribution in [3.63, 3.8) is 0 Å². The highest BCUT2D eigenvalue weighted by Crippen LogP contribution is 2.22. The molecule has 1 heterocycles. The molecular weight excluding hydrogens is 262 g/mol. The number of hydrogen-bond donors (Lipinski definition) is 2. The van der Waals surface area contributed by atoms with Crippen LogP contribution >= 0.6 is 11.3 Å². The third-order valence-corrected chi connectivity index (χ3v) is 3.69. The Labute approximate surface area is 117 Å². The lowest BCUT2D eigenvalue weighted by Gasteiger charge is -2.20.